The molecule has 0 spiro atoms. The fraction of sp³-hybridized carbons (Fsp3) is 0.571. The molecule has 0 radical (unpaired) electrons. The first-order valence-electron chi connectivity index (χ1n) is 7.01. The summed E-state index contributed by atoms with van der Waals surface area (Å²) < 4.78 is 4.71. The molecule has 1 fully saturated rings. The molecule has 112 valence electrons. The van der Waals surface area contributed by atoms with E-state index in [0.29, 0.717) is 12.3 Å². The molecule has 2 heterocycles. The maximum atomic E-state index is 11.3. The maximum Gasteiger partial charge on any atom is 0.305 e. The number of aromatic nitrogens is 1. The molecular formula is C14H19N5O2. The predicted molar refractivity (Wildman–Crippen MR) is 78.7 cm³/mol. The number of ether oxygens (including phenoxy) is 1. The van der Waals surface area contributed by atoms with Crippen molar-refractivity contribution in [3.8, 4) is 0 Å². The minimum absolute atomic E-state index is 0.136. The molecule has 0 N–H and O–H groups in total. The Bertz CT molecular complexity index is 534. The molecule has 1 aromatic rings. The fourth-order valence-corrected chi connectivity index (χ4v) is 2.52. The zero-order valence-corrected chi connectivity index (χ0v) is 12.1. The van der Waals surface area contributed by atoms with Crippen LogP contribution in [0.5, 0.6) is 0 Å². The van der Waals surface area contributed by atoms with Crippen molar-refractivity contribution in [3.05, 3.63) is 34.3 Å². The van der Waals surface area contributed by atoms with E-state index in [-0.39, 0.29) is 12.5 Å². The van der Waals surface area contributed by atoms with Gasteiger partial charge in [-0.2, -0.15) is 0 Å². The first-order chi connectivity index (χ1) is 10.2. The lowest BCUT2D eigenvalue weighted by molar-refractivity contribution is -0.141. The van der Waals surface area contributed by atoms with Gasteiger partial charge in [-0.25, -0.2) is 4.98 Å². The monoisotopic (exact) mass is 289 g/mol. The normalized spacial score (nSPS) is 15.4. The summed E-state index contributed by atoms with van der Waals surface area (Å²) in [6, 6.07) is 5.73. The van der Waals surface area contributed by atoms with Crippen LogP contribution in [0.2, 0.25) is 0 Å². The Labute approximate surface area is 123 Å². The number of hydrogen-bond donors (Lipinski definition) is 0. The number of pyridine rings is 1. The number of carbonyl (C=O) groups is 1. The largest absolute Gasteiger partial charge is 0.469 e. The summed E-state index contributed by atoms with van der Waals surface area (Å²) in [4.78, 5) is 20.7. The van der Waals surface area contributed by atoms with Crippen molar-refractivity contribution in [1.29, 1.82) is 0 Å². The molecule has 1 aromatic heterocycles. The molecule has 7 heteroatoms. The second-order valence-electron chi connectivity index (χ2n) is 5.09. The lowest BCUT2D eigenvalue weighted by Gasteiger charge is -2.32. The van der Waals surface area contributed by atoms with Gasteiger partial charge in [0.2, 0.25) is 0 Å². The summed E-state index contributed by atoms with van der Waals surface area (Å²) in [5, 5.41) is 3.53. The Morgan fingerprint density at radius 2 is 2.29 bits per heavy atom. The van der Waals surface area contributed by atoms with Gasteiger partial charge in [0.05, 0.1) is 13.7 Å². The van der Waals surface area contributed by atoms with Gasteiger partial charge in [-0.15, -0.1) is 0 Å². The van der Waals surface area contributed by atoms with Crippen molar-refractivity contribution in [2.75, 3.05) is 25.1 Å². The van der Waals surface area contributed by atoms with Crippen LogP contribution in [0.3, 0.4) is 0 Å². The fourth-order valence-electron chi connectivity index (χ4n) is 2.52. The molecule has 1 saturated heterocycles. The lowest BCUT2D eigenvalue weighted by atomic mass is 9.93. The summed E-state index contributed by atoms with van der Waals surface area (Å²) in [6.45, 7) is 2.02. The summed E-state index contributed by atoms with van der Waals surface area (Å²) in [7, 11) is 1.43. The van der Waals surface area contributed by atoms with Gasteiger partial charge in [0, 0.05) is 30.1 Å². The molecule has 0 amide bonds. The number of piperidine rings is 1. The standard InChI is InChI=1S/C14H19N5O2/c1-21-14(20)9-11-5-7-19(8-6-11)13-4-2-3-12(17-13)10-16-18-15/h2-4,11H,5-10H2,1H3. The molecule has 21 heavy (non-hydrogen) atoms. The van der Waals surface area contributed by atoms with Crippen LogP contribution in [0, 0.1) is 5.92 Å². The number of anilines is 1. The molecule has 2 rings (SSSR count). The SMILES string of the molecule is COC(=O)CC1CCN(c2cccc(CN=[N+]=[N-])n2)CC1. The number of carbonyl (C=O) groups excluding carboxylic acids is 1. The average molecular weight is 289 g/mol. The number of methoxy groups -OCH3 is 1. The first-order valence-corrected chi connectivity index (χ1v) is 7.01. The first kappa shape index (κ1) is 15.1. The average Bonchev–Trinajstić information content (AvgIpc) is 2.53. The molecule has 7 nitrogen and oxygen atoms in total. The van der Waals surface area contributed by atoms with Crippen molar-refractivity contribution in [2.24, 2.45) is 11.0 Å². The van der Waals surface area contributed by atoms with E-state index >= 15 is 0 Å². The van der Waals surface area contributed by atoms with Gasteiger partial charge in [0.15, 0.2) is 0 Å². The molecule has 0 aliphatic carbocycles. The molecule has 0 bridgehead atoms. The number of esters is 1. The summed E-state index contributed by atoms with van der Waals surface area (Å²) >= 11 is 0. The van der Waals surface area contributed by atoms with Crippen LogP contribution in [0.15, 0.2) is 23.3 Å². The highest BCUT2D eigenvalue weighted by molar-refractivity contribution is 5.69. The topological polar surface area (TPSA) is 91.2 Å². The Morgan fingerprint density at radius 3 is 2.95 bits per heavy atom. The van der Waals surface area contributed by atoms with E-state index in [1.54, 1.807) is 0 Å². The van der Waals surface area contributed by atoms with Crippen LogP contribution in [0.1, 0.15) is 25.0 Å². The second-order valence-corrected chi connectivity index (χ2v) is 5.09. The summed E-state index contributed by atoms with van der Waals surface area (Å²) in [6.07, 6.45) is 2.41. The molecule has 0 saturated carbocycles. The van der Waals surface area contributed by atoms with Crippen LogP contribution in [-0.2, 0) is 16.1 Å². The maximum absolute atomic E-state index is 11.3. The molecule has 0 aromatic carbocycles. The molecule has 1 aliphatic heterocycles. The third-order valence-electron chi connectivity index (χ3n) is 3.71. The van der Waals surface area contributed by atoms with Crippen molar-refractivity contribution >= 4 is 11.8 Å². The lowest BCUT2D eigenvalue weighted by Crippen LogP contribution is -2.35. The molecule has 1 aliphatic rings. The molecule has 0 unspecified atom stereocenters. The van der Waals surface area contributed by atoms with Crippen molar-refractivity contribution in [2.45, 2.75) is 25.8 Å². The van der Waals surface area contributed by atoms with Crippen LogP contribution in [-0.4, -0.2) is 31.2 Å². The van der Waals surface area contributed by atoms with E-state index in [9.17, 15) is 4.79 Å². The third kappa shape index (κ3) is 4.36. The van der Waals surface area contributed by atoms with Gasteiger partial charge in [-0.05, 0) is 36.4 Å². The Kier molecular flexibility index (Phi) is 5.40. The molecule has 0 atom stereocenters. The van der Waals surface area contributed by atoms with Crippen LogP contribution in [0.4, 0.5) is 5.82 Å². The number of rotatable bonds is 5. The van der Waals surface area contributed by atoms with Crippen molar-refractivity contribution < 1.29 is 9.53 Å². The van der Waals surface area contributed by atoms with Gasteiger partial charge < -0.3 is 9.64 Å². The van der Waals surface area contributed by atoms with Gasteiger partial charge in [-0.3, -0.25) is 4.79 Å². The third-order valence-corrected chi connectivity index (χ3v) is 3.71. The van der Waals surface area contributed by atoms with Gasteiger partial charge in [-0.1, -0.05) is 11.2 Å². The Morgan fingerprint density at radius 1 is 1.52 bits per heavy atom. The molecular weight excluding hydrogens is 270 g/mol. The number of azide groups is 1. The van der Waals surface area contributed by atoms with Crippen molar-refractivity contribution in [1.82, 2.24) is 4.98 Å². The van der Waals surface area contributed by atoms with E-state index in [2.05, 4.69) is 19.9 Å². The highest BCUT2D eigenvalue weighted by Crippen LogP contribution is 2.24. The zero-order valence-electron chi connectivity index (χ0n) is 12.1. The van der Waals surface area contributed by atoms with E-state index in [4.69, 9.17) is 10.3 Å². The van der Waals surface area contributed by atoms with Gasteiger partial charge in [0.25, 0.3) is 0 Å². The van der Waals surface area contributed by atoms with Crippen LogP contribution in [0.25, 0.3) is 10.4 Å². The van der Waals surface area contributed by atoms with E-state index in [1.807, 2.05) is 18.2 Å². The van der Waals surface area contributed by atoms with E-state index in [0.717, 1.165) is 37.4 Å². The Balaban J connectivity index is 1.92. The van der Waals surface area contributed by atoms with E-state index in [1.165, 1.54) is 7.11 Å². The highest BCUT2D eigenvalue weighted by Gasteiger charge is 2.22. The Hall–Kier alpha value is -2.27. The van der Waals surface area contributed by atoms with Crippen molar-refractivity contribution in [3.63, 3.8) is 0 Å². The van der Waals surface area contributed by atoms with Crippen LogP contribution < -0.4 is 4.90 Å². The minimum atomic E-state index is -0.136. The van der Waals surface area contributed by atoms with Crippen LogP contribution >= 0.6 is 0 Å². The smallest absolute Gasteiger partial charge is 0.305 e. The van der Waals surface area contributed by atoms with Gasteiger partial charge in [0.1, 0.15) is 5.82 Å². The number of nitrogens with zero attached hydrogens (tertiary/aromatic N) is 5. The highest BCUT2D eigenvalue weighted by atomic mass is 16.5. The summed E-state index contributed by atoms with van der Waals surface area (Å²) in [5.74, 6) is 1.15. The van der Waals surface area contributed by atoms with E-state index < -0.39 is 0 Å². The minimum Gasteiger partial charge on any atom is -0.469 e. The summed E-state index contributed by atoms with van der Waals surface area (Å²) in [5.41, 5.74) is 9.12. The zero-order chi connectivity index (χ0) is 15.1. The van der Waals surface area contributed by atoms with Gasteiger partial charge >= 0.3 is 5.97 Å². The number of hydrogen-bond acceptors (Lipinski definition) is 5. The second kappa shape index (κ2) is 7.50. The quantitative estimate of drug-likeness (QED) is 0.360. The predicted octanol–water partition coefficient (Wildman–Crippen LogP) is 2.67.